The summed E-state index contributed by atoms with van der Waals surface area (Å²) in [5.41, 5.74) is 2.32. The Morgan fingerprint density at radius 3 is 2.38 bits per heavy atom. The van der Waals surface area contributed by atoms with Crippen LogP contribution in [0.25, 0.3) is 17.0 Å². The molecule has 162 valence electrons. The second-order valence-corrected chi connectivity index (χ2v) is 7.42. The van der Waals surface area contributed by atoms with Crippen LogP contribution in [0.5, 0.6) is 0 Å². The van der Waals surface area contributed by atoms with Gasteiger partial charge in [-0.25, -0.2) is 14.2 Å². The fourth-order valence-electron chi connectivity index (χ4n) is 3.81. The summed E-state index contributed by atoms with van der Waals surface area (Å²) in [6.45, 7) is 3.58. The van der Waals surface area contributed by atoms with Crippen molar-refractivity contribution in [2.75, 3.05) is 6.61 Å². The highest BCUT2D eigenvalue weighted by Crippen LogP contribution is 2.25. The zero-order valence-electron chi connectivity index (χ0n) is 17.9. The Balaban J connectivity index is 1.97. The fourth-order valence-corrected chi connectivity index (χ4v) is 3.81. The van der Waals surface area contributed by atoms with Gasteiger partial charge in [0.15, 0.2) is 0 Å². The van der Waals surface area contributed by atoms with Gasteiger partial charge in [-0.2, -0.15) is 0 Å². The second kappa shape index (κ2) is 9.01. The van der Waals surface area contributed by atoms with E-state index in [1.165, 1.54) is 10.6 Å². The number of aldehydes is 1. The van der Waals surface area contributed by atoms with Crippen molar-refractivity contribution in [3.05, 3.63) is 94.0 Å². The summed E-state index contributed by atoms with van der Waals surface area (Å²) < 4.78 is 8.08. The van der Waals surface area contributed by atoms with Gasteiger partial charge in [0, 0.05) is 18.2 Å². The smallest absolute Gasteiger partial charge is 0.345 e. The van der Waals surface area contributed by atoms with E-state index in [2.05, 4.69) is 0 Å². The van der Waals surface area contributed by atoms with Crippen molar-refractivity contribution in [3.8, 4) is 11.3 Å². The highest BCUT2D eigenvalue weighted by Gasteiger charge is 2.24. The van der Waals surface area contributed by atoms with E-state index < -0.39 is 17.6 Å². The van der Waals surface area contributed by atoms with E-state index in [9.17, 15) is 14.4 Å². The van der Waals surface area contributed by atoms with Gasteiger partial charge in [0.05, 0.1) is 24.0 Å². The molecule has 0 saturated carbocycles. The van der Waals surface area contributed by atoms with Gasteiger partial charge < -0.3 is 14.1 Å². The number of aromatic nitrogens is 3. The number of benzene rings is 2. The van der Waals surface area contributed by atoms with Gasteiger partial charge in [0.1, 0.15) is 11.8 Å². The number of esters is 1. The number of hydrogen-bond acceptors (Lipinski definition) is 5. The molecule has 0 fully saturated rings. The van der Waals surface area contributed by atoms with Gasteiger partial charge >= 0.3 is 5.97 Å². The molecule has 0 radical (unpaired) electrons. The van der Waals surface area contributed by atoms with Crippen molar-refractivity contribution in [1.29, 1.82) is 0 Å². The Hall–Kier alpha value is -4.00. The summed E-state index contributed by atoms with van der Waals surface area (Å²) in [7, 11) is 0. The van der Waals surface area contributed by atoms with Crippen LogP contribution in [0.3, 0.4) is 0 Å². The third-order valence-electron chi connectivity index (χ3n) is 5.37. The summed E-state index contributed by atoms with van der Waals surface area (Å²) in [6, 6.07) is 18.4. The highest BCUT2D eigenvalue weighted by atomic mass is 16.5. The summed E-state index contributed by atoms with van der Waals surface area (Å²) in [5, 5.41) is 0. The number of hydrogen-bond donors (Lipinski definition) is 0. The lowest BCUT2D eigenvalue weighted by molar-refractivity contribution is -0.110. The van der Waals surface area contributed by atoms with Gasteiger partial charge in [-0.05, 0) is 19.4 Å². The molecule has 2 heterocycles. The number of aryl methyl sites for hydroxylation is 1. The molecule has 1 unspecified atom stereocenters. The molecule has 0 aliphatic rings. The lowest BCUT2D eigenvalue weighted by atomic mass is 10.1. The van der Waals surface area contributed by atoms with Crippen molar-refractivity contribution in [3.63, 3.8) is 0 Å². The summed E-state index contributed by atoms with van der Waals surface area (Å²) in [6.07, 6.45) is 2.58. The van der Waals surface area contributed by atoms with Crippen molar-refractivity contribution in [1.82, 2.24) is 14.0 Å². The Bertz CT molecular complexity index is 1320. The Morgan fingerprint density at radius 1 is 1.09 bits per heavy atom. The van der Waals surface area contributed by atoms with E-state index in [-0.39, 0.29) is 12.2 Å². The van der Waals surface area contributed by atoms with E-state index in [1.54, 1.807) is 18.4 Å². The first-order valence-corrected chi connectivity index (χ1v) is 10.4. The predicted octanol–water partition coefficient (Wildman–Crippen LogP) is 3.63. The van der Waals surface area contributed by atoms with E-state index in [4.69, 9.17) is 9.72 Å². The van der Waals surface area contributed by atoms with Gasteiger partial charge in [-0.3, -0.25) is 4.79 Å². The van der Waals surface area contributed by atoms with Crippen LogP contribution in [-0.4, -0.2) is 32.8 Å². The molecular weight excluding hydrogens is 406 g/mol. The van der Waals surface area contributed by atoms with Crippen LogP contribution in [0, 0.1) is 6.92 Å². The topological polar surface area (TPSA) is 82.7 Å². The Kier molecular flexibility index (Phi) is 5.98. The molecular formula is C25H23N3O4. The van der Waals surface area contributed by atoms with E-state index >= 15 is 0 Å². The first-order chi connectivity index (χ1) is 15.5. The molecule has 1 atom stereocenters. The van der Waals surface area contributed by atoms with Gasteiger partial charge in [0.2, 0.25) is 5.78 Å². The van der Waals surface area contributed by atoms with Crippen molar-refractivity contribution < 1.29 is 14.3 Å². The number of ether oxygens (including phenoxy) is 1. The molecule has 0 aliphatic heterocycles. The van der Waals surface area contributed by atoms with Crippen LogP contribution in [0.4, 0.5) is 0 Å². The largest absolute Gasteiger partial charge is 0.462 e. The monoisotopic (exact) mass is 429 g/mol. The number of fused-ring (bicyclic) bond motifs is 1. The Morgan fingerprint density at radius 2 is 1.75 bits per heavy atom. The molecule has 32 heavy (non-hydrogen) atoms. The lowest BCUT2D eigenvalue weighted by Gasteiger charge is -2.17. The van der Waals surface area contributed by atoms with Gasteiger partial charge in [-0.1, -0.05) is 60.7 Å². The lowest BCUT2D eigenvalue weighted by Crippen LogP contribution is -2.29. The number of nitrogens with zero attached hydrogens (tertiary/aromatic N) is 3. The molecule has 2 aromatic carbocycles. The fraction of sp³-hybridized carbons (Fsp3) is 0.200. The first kappa shape index (κ1) is 21.2. The SMILES string of the molecule is CCOC(=O)c1cn(C(C=O)Cc2ccccc2)c2nc(-c3ccccc3)c(C)n2c1=O. The molecule has 7 nitrogen and oxygen atoms in total. The maximum Gasteiger partial charge on any atom is 0.345 e. The molecule has 2 aromatic heterocycles. The van der Waals surface area contributed by atoms with Crippen LogP contribution in [0.15, 0.2) is 71.7 Å². The molecule has 0 aliphatic carbocycles. The minimum Gasteiger partial charge on any atom is -0.462 e. The standard InChI is InChI=1S/C25H23N3O4/c1-3-32-24(31)21-15-27(20(16-29)14-18-10-6-4-7-11-18)25-26-22(17(2)28(25)23(21)30)19-12-8-5-9-13-19/h4-13,15-16,20H,3,14H2,1-2H3. The number of carbonyl (C=O) groups excluding carboxylic acids is 2. The Labute approximate surface area is 184 Å². The molecule has 0 N–H and O–H groups in total. The van der Waals surface area contributed by atoms with Crippen molar-refractivity contribution in [2.45, 2.75) is 26.3 Å². The predicted molar refractivity (Wildman–Crippen MR) is 121 cm³/mol. The molecule has 0 amide bonds. The van der Waals surface area contributed by atoms with Crippen LogP contribution < -0.4 is 5.56 Å². The van der Waals surface area contributed by atoms with Crippen LogP contribution in [-0.2, 0) is 16.0 Å². The summed E-state index contributed by atoms with van der Waals surface area (Å²) in [4.78, 5) is 42.7. The maximum absolute atomic E-state index is 13.3. The zero-order chi connectivity index (χ0) is 22.7. The number of carbonyl (C=O) groups is 2. The highest BCUT2D eigenvalue weighted by molar-refractivity contribution is 5.89. The van der Waals surface area contributed by atoms with Crippen LogP contribution in [0.2, 0.25) is 0 Å². The van der Waals surface area contributed by atoms with E-state index in [1.807, 2.05) is 60.7 Å². The van der Waals surface area contributed by atoms with Crippen LogP contribution in [0.1, 0.15) is 34.6 Å². The number of rotatable bonds is 7. The molecule has 0 saturated heterocycles. The molecule has 7 heteroatoms. The molecule has 0 spiro atoms. The minimum absolute atomic E-state index is 0.135. The quantitative estimate of drug-likeness (QED) is 0.331. The average Bonchev–Trinajstić information content (AvgIpc) is 3.17. The van der Waals surface area contributed by atoms with Gasteiger partial charge in [-0.15, -0.1) is 0 Å². The zero-order valence-corrected chi connectivity index (χ0v) is 17.9. The maximum atomic E-state index is 13.3. The third kappa shape index (κ3) is 3.85. The first-order valence-electron chi connectivity index (χ1n) is 10.4. The van der Waals surface area contributed by atoms with Gasteiger partial charge in [0.25, 0.3) is 5.56 Å². The summed E-state index contributed by atoms with van der Waals surface area (Å²) in [5.74, 6) is -0.431. The third-order valence-corrected chi connectivity index (χ3v) is 5.37. The normalized spacial score (nSPS) is 11.9. The number of imidazole rings is 1. The van der Waals surface area contributed by atoms with E-state index in [0.29, 0.717) is 23.6 Å². The molecule has 0 bridgehead atoms. The molecule has 4 rings (SSSR count). The van der Waals surface area contributed by atoms with E-state index in [0.717, 1.165) is 17.4 Å². The van der Waals surface area contributed by atoms with Crippen molar-refractivity contribution in [2.24, 2.45) is 0 Å². The summed E-state index contributed by atoms with van der Waals surface area (Å²) >= 11 is 0. The average molecular weight is 429 g/mol. The van der Waals surface area contributed by atoms with Crippen molar-refractivity contribution >= 4 is 18.0 Å². The minimum atomic E-state index is -0.730. The second-order valence-electron chi connectivity index (χ2n) is 7.42. The molecule has 4 aromatic rings. The van der Waals surface area contributed by atoms with Crippen LogP contribution >= 0.6 is 0 Å².